The molecule has 0 bridgehead atoms. The number of halogens is 3. The number of benzene rings is 1. The molecule has 0 aliphatic heterocycles. The Bertz CT molecular complexity index is 531. The predicted molar refractivity (Wildman–Crippen MR) is 59.7 cm³/mol. The van der Waals surface area contributed by atoms with Crippen LogP contribution in [0.5, 0.6) is 0 Å². The summed E-state index contributed by atoms with van der Waals surface area (Å²) in [6, 6.07) is 6.39. The summed E-state index contributed by atoms with van der Waals surface area (Å²) >= 11 is 5.60. The zero-order valence-corrected chi connectivity index (χ0v) is 9.33. The third kappa shape index (κ3) is 2.60. The Labute approximate surface area is 102 Å². The smallest absolute Gasteiger partial charge is 0.141 e. The molecule has 0 saturated carbocycles. The Hall–Kier alpha value is -1.52. The number of hydrogen-bond donors (Lipinski definition) is 1. The summed E-state index contributed by atoms with van der Waals surface area (Å²) in [5, 5.41) is 10.1. The first-order chi connectivity index (χ1) is 8.08. The molecule has 1 unspecified atom stereocenters. The second-order valence-electron chi connectivity index (χ2n) is 3.47. The molecule has 1 heterocycles. The van der Waals surface area contributed by atoms with Gasteiger partial charge in [0.15, 0.2) is 0 Å². The van der Waals surface area contributed by atoms with Crippen LogP contribution in [0.1, 0.15) is 17.4 Å². The largest absolute Gasteiger partial charge is 0.382 e. The maximum Gasteiger partial charge on any atom is 0.141 e. The van der Waals surface area contributed by atoms with Crippen molar-refractivity contribution in [1.29, 1.82) is 0 Å². The number of pyridine rings is 1. The van der Waals surface area contributed by atoms with Crippen LogP contribution < -0.4 is 0 Å². The second-order valence-corrected chi connectivity index (χ2v) is 3.91. The predicted octanol–water partition coefficient (Wildman–Crippen LogP) is 3.09. The molecule has 0 radical (unpaired) electrons. The summed E-state index contributed by atoms with van der Waals surface area (Å²) in [5.74, 6) is -1.14. The topological polar surface area (TPSA) is 33.1 Å². The number of aliphatic hydroxyl groups excluding tert-OH is 1. The molecule has 1 atom stereocenters. The van der Waals surface area contributed by atoms with Crippen LogP contribution in [0.2, 0.25) is 5.02 Å². The summed E-state index contributed by atoms with van der Waals surface area (Å²) in [5.41, 5.74) is 0.223. The summed E-state index contributed by atoms with van der Waals surface area (Å²) in [4.78, 5) is 3.69. The SMILES string of the molecule is OC(c1ccc(F)cn1)c1ccc(Cl)cc1F. The van der Waals surface area contributed by atoms with Crippen molar-refractivity contribution < 1.29 is 13.9 Å². The normalized spacial score (nSPS) is 12.5. The molecule has 0 amide bonds. The number of rotatable bonds is 2. The van der Waals surface area contributed by atoms with E-state index in [4.69, 9.17) is 11.6 Å². The minimum absolute atomic E-state index is 0.0495. The molecule has 0 saturated heterocycles. The Balaban J connectivity index is 2.36. The van der Waals surface area contributed by atoms with Gasteiger partial charge in [0.25, 0.3) is 0 Å². The van der Waals surface area contributed by atoms with Gasteiger partial charge in [-0.1, -0.05) is 17.7 Å². The first-order valence-corrected chi connectivity index (χ1v) is 5.20. The van der Waals surface area contributed by atoms with Crippen molar-refractivity contribution in [2.75, 3.05) is 0 Å². The van der Waals surface area contributed by atoms with Crippen molar-refractivity contribution in [2.24, 2.45) is 0 Å². The highest BCUT2D eigenvalue weighted by Gasteiger charge is 2.16. The number of aromatic nitrogens is 1. The summed E-state index contributed by atoms with van der Waals surface area (Å²) < 4.78 is 26.2. The summed E-state index contributed by atoms with van der Waals surface area (Å²) in [6.45, 7) is 0. The van der Waals surface area contributed by atoms with E-state index in [1.165, 1.54) is 18.2 Å². The van der Waals surface area contributed by atoms with Gasteiger partial charge in [-0.3, -0.25) is 4.98 Å². The average Bonchev–Trinajstić information content (AvgIpc) is 2.29. The van der Waals surface area contributed by atoms with Crippen molar-refractivity contribution in [3.63, 3.8) is 0 Å². The fraction of sp³-hybridized carbons (Fsp3) is 0.0833. The lowest BCUT2D eigenvalue weighted by atomic mass is 10.1. The zero-order chi connectivity index (χ0) is 12.4. The van der Waals surface area contributed by atoms with Crippen molar-refractivity contribution in [2.45, 2.75) is 6.10 Å². The van der Waals surface area contributed by atoms with Gasteiger partial charge in [0.05, 0.1) is 11.9 Å². The lowest BCUT2D eigenvalue weighted by molar-refractivity contribution is 0.210. The second kappa shape index (κ2) is 4.77. The van der Waals surface area contributed by atoms with E-state index in [2.05, 4.69) is 4.98 Å². The standard InChI is InChI=1S/C12H8ClF2NO/c13-7-1-3-9(10(15)5-7)12(17)11-4-2-8(14)6-16-11/h1-6,12,17H. The van der Waals surface area contributed by atoms with Crippen LogP contribution in [0, 0.1) is 11.6 Å². The lowest BCUT2D eigenvalue weighted by Gasteiger charge is -2.11. The molecule has 0 aliphatic carbocycles. The van der Waals surface area contributed by atoms with Gasteiger partial charge < -0.3 is 5.11 Å². The van der Waals surface area contributed by atoms with E-state index in [0.717, 1.165) is 18.3 Å². The highest BCUT2D eigenvalue weighted by Crippen LogP contribution is 2.25. The molecule has 2 nitrogen and oxygen atoms in total. The molecule has 0 fully saturated rings. The van der Waals surface area contributed by atoms with Gasteiger partial charge in [-0.25, -0.2) is 8.78 Å². The highest BCUT2D eigenvalue weighted by atomic mass is 35.5. The molecular weight excluding hydrogens is 248 g/mol. The van der Waals surface area contributed by atoms with E-state index in [9.17, 15) is 13.9 Å². The Kier molecular flexibility index (Phi) is 3.36. The van der Waals surface area contributed by atoms with Crippen molar-refractivity contribution in [3.8, 4) is 0 Å². The van der Waals surface area contributed by atoms with Crippen LogP contribution in [0.3, 0.4) is 0 Å². The van der Waals surface area contributed by atoms with Crippen LogP contribution in [0.4, 0.5) is 8.78 Å². The van der Waals surface area contributed by atoms with Gasteiger partial charge in [-0.05, 0) is 24.3 Å². The molecular formula is C12H8ClF2NO. The molecule has 1 aromatic carbocycles. The van der Waals surface area contributed by atoms with Crippen LogP contribution in [0.15, 0.2) is 36.5 Å². The van der Waals surface area contributed by atoms with Gasteiger partial charge in [0.2, 0.25) is 0 Å². The number of aliphatic hydroxyl groups is 1. The minimum atomic E-state index is -1.24. The van der Waals surface area contributed by atoms with E-state index in [1.807, 2.05) is 0 Å². The first-order valence-electron chi connectivity index (χ1n) is 4.82. The van der Waals surface area contributed by atoms with Crippen molar-refractivity contribution in [1.82, 2.24) is 4.98 Å². The molecule has 17 heavy (non-hydrogen) atoms. The van der Waals surface area contributed by atoms with Crippen LogP contribution in [-0.2, 0) is 0 Å². The van der Waals surface area contributed by atoms with Gasteiger partial charge in [-0.2, -0.15) is 0 Å². The van der Waals surface area contributed by atoms with Gasteiger partial charge in [0.1, 0.15) is 17.7 Å². The Morgan fingerprint density at radius 1 is 1.18 bits per heavy atom. The number of nitrogens with zero attached hydrogens (tertiary/aromatic N) is 1. The molecule has 2 rings (SSSR count). The third-order valence-corrected chi connectivity index (χ3v) is 2.52. The molecule has 0 aliphatic rings. The van der Waals surface area contributed by atoms with E-state index < -0.39 is 17.7 Å². The van der Waals surface area contributed by atoms with Crippen LogP contribution in [0.25, 0.3) is 0 Å². The quantitative estimate of drug-likeness (QED) is 0.895. The molecule has 0 spiro atoms. The molecule has 88 valence electrons. The molecule has 5 heteroatoms. The maximum atomic E-state index is 13.5. The van der Waals surface area contributed by atoms with Gasteiger partial charge in [0, 0.05) is 10.6 Å². The Morgan fingerprint density at radius 3 is 2.53 bits per heavy atom. The van der Waals surface area contributed by atoms with Crippen LogP contribution in [-0.4, -0.2) is 10.1 Å². The van der Waals surface area contributed by atoms with E-state index >= 15 is 0 Å². The van der Waals surface area contributed by atoms with E-state index in [-0.39, 0.29) is 16.3 Å². The fourth-order valence-corrected chi connectivity index (χ4v) is 1.59. The van der Waals surface area contributed by atoms with Gasteiger partial charge in [-0.15, -0.1) is 0 Å². The highest BCUT2D eigenvalue weighted by molar-refractivity contribution is 6.30. The first kappa shape index (κ1) is 12.0. The van der Waals surface area contributed by atoms with Crippen molar-refractivity contribution >= 4 is 11.6 Å². The minimum Gasteiger partial charge on any atom is -0.382 e. The van der Waals surface area contributed by atoms with Crippen LogP contribution >= 0.6 is 11.6 Å². The van der Waals surface area contributed by atoms with E-state index in [0.29, 0.717) is 0 Å². The molecule has 1 aromatic heterocycles. The van der Waals surface area contributed by atoms with Gasteiger partial charge >= 0.3 is 0 Å². The number of hydrogen-bond acceptors (Lipinski definition) is 2. The lowest BCUT2D eigenvalue weighted by Crippen LogP contribution is -2.04. The molecule has 1 N–H and O–H groups in total. The monoisotopic (exact) mass is 255 g/mol. The molecule has 2 aromatic rings. The average molecular weight is 256 g/mol. The maximum absolute atomic E-state index is 13.5. The summed E-state index contributed by atoms with van der Waals surface area (Å²) in [6.07, 6.45) is -0.278. The Morgan fingerprint density at radius 2 is 1.94 bits per heavy atom. The third-order valence-electron chi connectivity index (χ3n) is 2.29. The van der Waals surface area contributed by atoms with E-state index in [1.54, 1.807) is 0 Å². The summed E-state index contributed by atoms with van der Waals surface area (Å²) in [7, 11) is 0. The fourth-order valence-electron chi connectivity index (χ4n) is 1.43. The zero-order valence-electron chi connectivity index (χ0n) is 8.57. The van der Waals surface area contributed by atoms with Crippen molar-refractivity contribution in [3.05, 3.63) is 64.4 Å².